The summed E-state index contributed by atoms with van der Waals surface area (Å²) in [7, 11) is -20.5. The van der Waals surface area contributed by atoms with Crippen LogP contribution in [0.2, 0.25) is 0 Å². The molecule has 0 aliphatic carbocycles. The van der Waals surface area contributed by atoms with Gasteiger partial charge in [0.1, 0.15) is 0 Å². The van der Waals surface area contributed by atoms with Crippen molar-refractivity contribution in [1.82, 2.24) is 18.9 Å². The van der Waals surface area contributed by atoms with Gasteiger partial charge in [0.15, 0.2) is 0 Å². The Bertz CT molecular complexity index is 4340. The normalized spacial score (nSPS) is 16.2. The molecule has 10 aromatic rings. The van der Waals surface area contributed by atoms with E-state index in [0.717, 1.165) is 38.9 Å². The Kier molecular flexibility index (Phi) is 22.3. The Balaban J connectivity index is 1.49. The standard InChI is InChI=1S/C80H74N5O10P5/c1-11-61-21-41-71(42-22-61)86-84-98(88-73-45-25-63(13-3)26-46-73,89-74-47-27-64(14-4)28-48-74)82-96-81-97-83-99(90-75-49-29-65(15-5)30-50-75,91-76-51-31-66(16-6)32-52-76,92-77-53-33-67(17-7)34-54-77)85(87-72-43-23-62(12-2)24-44-72)100(84,93-78-55-35-68(18-8)36-56-78,94-79-57-37-69(19-9)38-58-79)95-80-59-39-70(20-10)40-60-80/h11-60,81,83,96-97H,1-10H2. The molecule has 0 aromatic heterocycles. The van der Waals surface area contributed by atoms with Crippen molar-refractivity contribution in [3.8, 4) is 57.5 Å². The van der Waals surface area contributed by atoms with Crippen molar-refractivity contribution in [2.45, 2.75) is 0 Å². The number of nitrogens with one attached hydrogen (secondary N) is 2. The van der Waals surface area contributed by atoms with Crippen molar-refractivity contribution in [3.05, 3.63) is 364 Å². The van der Waals surface area contributed by atoms with Crippen molar-refractivity contribution < 1.29 is 45.9 Å². The maximum atomic E-state index is 8.51. The Labute approximate surface area is 588 Å². The number of rotatable bonds is 30. The van der Waals surface area contributed by atoms with Crippen LogP contribution in [0.3, 0.4) is 0 Å². The molecule has 0 radical (unpaired) electrons. The summed E-state index contributed by atoms with van der Waals surface area (Å²) in [5, 5.41) is 0. The minimum atomic E-state index is -7.32. The zero-order valence-corrected chi connectivity index (χ0v) is 59.4. The van der Waals surface area contributed by atoms with E-state index in [0.29, 0.717) is 16.7 Å². The summed E-state index contributed by atoms with van der Waals surface area (Å²) in [6.45, 7) is 41.1. The summed E-state index contributed by atoms with van der Waals surface area (Å²) in [5.41, 5.74) is 7.37. The van der Waals surface area contributed by atoms with E-state index in [1.54, 1.807) is 182 Å². The summed E-state index contributed by atoms with van der Waals surface area (Å²) in [4.78, 5) is 23.6. The molecular formula is C80H74N5O10P5. The molecule has 2 unspecified atom stereocenters. The van der Waals surface area contributed by atoms with Gasteiger partial charge in [0.05, 0.1) is 0 Å². The first-order valence-corrected chi connectivity index (χ1v) is 38.6. The van der Waals surface area contributed by atoms with Gasteiger partial charge in [0.25, 0.3) is 0 Å². The molecule has 1 aliphatic rings. The fourth-order valence-corrected chi connectivity index (χ4v) is 26.2. The van der Waals surface area contributed by atoms with Gasteiger partial charge in [-0.1, -0.05) is 0 Å². The van der Waals surface area contributed by atoms with Crippen LogP contribution >= 0.6 is 40.6 Å². The second-order valence-electron chi connectivity index (χ2n) is 21.9. The SMILES string of the molecule is C=Cc1ccc(ON2P(Oc3ccc(C=C)cc3)(Oc3ccc(C=C)cc3)=NPNPNP(Oc3ccc(C=C)cc3)(Oc3ccc(C=C)cc3)(Oc3ccc(C=C)cc3)N(Oc3ccc(C=C)cc3)P2(Oc2ccc(C=C)cc2)(Oc2ccc(C=C)cc2)Oc2ccc(C=C)cc2)cc1. The summed E-state index contributed by atoms with van der Waals surface area (Å²) < 4.78 is 74.1. The van der Waals surface area contributed by atoms with E-state index in [2.05, 4.69) is 75.5 Å². The van der Waals surface area contributed by atoms with Crippen LogP contribution in [0, 0.1) is 0 Å². The van der Waals surface area contributed by atoms with Gasteiger partial charge >= 0.3 is 592 Å². The van der Waals surface area contributed by atoms with Gasteiger partial charge in [0, 0.05) is 0 Å². The average Bonchev–Trinajstić information content (AvgIpc) is 0.659. The van der Waals surface area contributed by atoms with Crippen LogP contribution in [0.15, 0.2) is 313 Å². The summed E-state index contributed by atoms with van der Waals surface area (Å²) in [5.74, 6) is 1.13. The Morgan fingerprint density at radius 3 is 0.760 bits per heavy atom. The van der Waals surface area contributed by atoms with Crippen LogP contribution in [0.5, 0.6) is 57.5 Å². The van der Waals surface area contributed by atoms with Gasteiger partial charge in [-0.15, -0.1) is 0 Å². The number of benzene rings is 10. The fraction of sp³-hybridized carbons (Fsp3) is 0. The van der Waals surface area contributed by atoms with Crippen LogP contribution in [0.1, 0.15) is 55.6 Å². The first-order chi connectivity index (χ1) is 48.7. The molecule has 15 nitrogen and oxygen atoms in total. The monoisotopic (exact) mass is 1420 g/mol. The van der Waals surface area contributed by atoms with E-state index in [1.807, 2.05) is 121 Å². The molecule has 11 rings (SSSR count). The first kappa shape index (κ1) is 70.7. The van der Waals surface area contributed by atoms with Gasteiger partial charge in [-0.3, -0.25) is 0 Å². The number of hydrogen-bond acceptors (Lipinski definition) is 15. The summed E-state index contributed by atoms with van der Waals surface area (Å²) >= 11 is 0. The Hall–Kier alpha value is -10.6. The van der Waals surface area contributed by atoms with Crippen LogP contribution in [-0.4, -0.2) is 9.21 Å². The third-order valence-corrected chi connectivity index (χ3v) is 29.4. The van der Waals surface area contributed by atoms with E-state index in [9.17, 15) is 0 Å². The van der Waals surface area contributed by atoms with E-state index < -0.39 is 40.6 Å². The van der Waals surface area contributed by atoms with Crippen molar-refractivity contribution in [3.63, 3.8) is 0 Å². The maximum absolute atomic E-state index is 8.51. The van der Waals surface area contributed by atoms with E-state index in [4.69, 9.17) is 50.4 Å². The topological polar surface area (TPSA) is 135 Å². The van der Waals surface area contributed by atoms with Crippen molar-refractivity contribution in [2.24, 2.45) is 4.52 Å². The molecule has 1 aliphatic heterocycles. The van der Waals surface area contributed by atoms with Gasteiger partial charge in [0.2, 0.25) is 0 Å². The molecule has 10 aromatic carbocycles. The second-order valence-corrected chi connectivity index (χ2v) is 32.8. The summed E-state index contributed by atoms with van der Waals surface area (Å²) in [6, 6.07) is 71.3. The number of hydrogen-bond donors (Lipinski definition) is 2. The molecule has 20 heteroatoms. The van der Waals surface area contributed by atoms with E-state index in [-0.39, 0.29) is 57.5 Å². The third-order valence-electron chi connectivity index (χ3n) is 15.2. The second kappa shape index (κ2) is 31.5. The number of nitrogens with zero attached hydrogens (tertiary/aromatic N) is 3. The minimum absolute atomic E-state index is 0.0429. The molecule has 1 heterocycles. The van der Waals surface area contributed by atoms with E-state index >= 15 is 0 Å². The van der Waals surface area contributed by atoms with Gasteiger partial charge in [-0.2, -0.15) is 0 Å². The van der Waals surface area contributed by atoms with Gasteiger partial charge in [-0.25, -0.2) is 0 Å². The molecule has 0 saturated carbocycles. The molecule has 504 valence electrons. The fourth-order valence-electron chi connectivity index (χ4n) is 9.92. The van der Waals surface area contributed by atoms with Gasteiger partial charge < -0.3 is 0 Å². The van der Waals surface area contributed by atoms with Gasteiger partial charge in [-0.05, 0) is 0 Å². The average molecular weight is 1420 g/mol. The first-order valence-electron chi connectivity index (χ1n) is 31.2. The predicted octanol–water partition coefficient (Wildman–Crippen LogP) is 24.1. The Morgan fingerprint density at radius 1 is 0.290 bits per heavy atom. The quantitative estimate of drug-likeness (QED) is 0.0413. The van der Waals surface area contributed by atoms with Crippen molar-refractivity contribution >= 4 is 101 Å². The van der Waals surface area contributed by atoms with Crippen molar-refractivity contribution in [2.75, 3.05) is 0 Å². The van der Waals surface area contributed by atoms with Crippen LogP contribution in [0.4, 0.5) is 0 Å². The molecule has 0 bridgehead atoms. The summed E-state index contributed by atoms with van der Waals surface area (Å²) in [6.07, 6.45) is 17.1. The van der Waals surface area contributed by atoms with Crippen molar-refractivity contribution in [1.29, 1.82) is 0 Å². The molecule has 0 saturated heterocycles. The van der Waals surface area contributed by atoms with Crippen LogP contribution in [-0.2, 0) is 0 Å². The van der Waals surface area contributed by atoms with E-state index in [1.165, 1.54) is 9.21 Å². The predicted molar refractivity (Wildman–Crippen MR) is 421 cm³/mol. The molecule has 100 heavy (non-hydrogen) atoms. The molecule has 0 amide bonds. The zero-order valence-electron chi connectivity index (χ0n) is 54.7. The van der Waals surface area contributed by atoms with Crippen LogP contribution in [0.25, 0.3) is 60.8 Å². The molecule has 2 N–H and O–H groups in total. The van der Waals surface area contributed by atoms with Crippen LogP contribution < -0.4 is 55.6 Å². The molecule has 2 atom stereocenters. The molecule has 0 spiro atoms. The molecular weight excluding hydrogens is 1350 g/mol. The zero-order chi connectivity index (χ0) is 70.1. The molecule has 0 fully saturated rings. The third kappa shape index (κ3) is 15.6. The Morgan fingerprint density at radius 2 is 0.510 bits per heavy atom.